The van der Waals surface area contributed by atoms with Crippen molar-refractivity contribution in [3.8, 4) is 6.07 Å². The van der Waals surface area contributed by atoms with Crippen LogP contribution in [-0.2, 0) is 25.4 Å². The molecule has 0 aliphatic rings. The van der Waals surface area contributed by atoms with Crippen LogP contribution in [0.25, 0.3) is 11.2 Å². The molecule has 0 saturated carbocycles. The highest BCUT2D eigenvalue weighted by Gasteiger charge is 2.38. The Kier molecular flexibility index (Phi) is 9.57. The highest BCUT2D eigenvalue weighted by Crippen LogP contribution is 2.42. The molecule has 2 heterocycles. The number of ether oxygens (including phenoxy) is 2. The number of nitrogens with zero attached hydrogens (tertiary/aromatic N) is 5. The maximum absolute atomic E-state index is 14.2. The Morgan fingerprint density at radius 2 is 1.95 bits per heavy atom. The van der Waals surface area contributed by atoms with Gasteiger partial charge in [0.05, 0.1) is 37.2 Å². The van der Waals surface area contributed by atoms with Crippen molar-refractivity contribution >= 4 is 30.4 Å². The van der Waals surface area contributed by atoms with Crippen molar-refractivity contribution in [3.63, 3.8) is 0 Å². The molecule has 1 unspecified atom stereocenters. The van der Waals surface area contributed by atoms with E-state index in [9.17, 15) is 9.36 Å². The van der Waals surface area contributed by atoms with Crippen LogP contribution in [0.5, 0.6) is 0 Å². The van der Waals surface area contributed by atoms with Crippen molar-refractivity contribution in [1.82, 2.24) is 29.7 Å². The first-order valence-electron chi connectivity index (χ1n) is 12.3. The third-order valence-corrected chi connectivity index (χ3v) is 8.01. The average Bonchev–Trinajstić information content (AvgIpc) is 3.29. The number of esters is 1. The van der Waals surface area contributed by atoms with E-state index in [0.29, 0.717) is 29.7 Å². The van der Waals surface area contributed by atoms with Gasteiger partial charge in [0.25, 0.3) is 0 Å². The van der Waals surface area contributed by atoms with E-state index in [1.807, 2.05) is 20.8 Å². The lowest BCUT2D eigenvalue weighted by Gasteiger charge is -2.33. The normalized spacial score (nSPS) is 14.9. The van der Waals surface area contributed by atoms with E-state index in [2.05, 4.69) is 31.2 Å². The first-order valence-corrected chi connectivity index (χ1v) is 14.2. The number of nitrogens with one attached hydrogen (secondary N) is 2. The van der Waals surface area contributed by atoms with Crippen molar-refractivity contribution in [1.29, 1.82) is 5.26 Å². The Balaban J connectivity index is 1.77. The van der Waals surface area contributed by atoms with Crippen LogP contribution in [0.1, 0.15) is 58.2 Å². The van der Waals surface area contributed by atoms with Crippen molar-refractivity contribution in [2.24, 2.45) is 0 Å². The molecule has 0 spiro atoms. The van der Waals surface area contributed by atoms with Gasteiger partial charge in [-0.25, -0.2) is 25.1 Å². The van der Waals surface area contributed by atoms with Crippen LogP contribution in [0.3, 0.4) is 0 Å². The summed E-state index contributed by atoms with van der Waals surface area (Å²) in [5, 5.41) is 15.2. The smallest absolute Gasteiger partial charge is 0.326 e. The molecule has 3 atom stereocenters. The number of carbonyl (C=O) groups is 1. The van der Waals surface area contributed by atoms with Gasteiger partial charge in [0.1, 0.15) is 23.7 Å². The topological polar surface area (TPSA) is 170 Å². The van der Waals surface area contributed by atoms with Crippen molar-refractivity contribution in [2.45, 2.75) is 65.3 Å². The Morgan fingerprint density at radius 1 is 1.24 bits per heavy atom. The first-order chi connectivity index (χ1) is 18.0. The summed E-state index contributed by atoms with van der Waals surface area (Å²) in [6, 6.07) is 8.69. The van der Waals surface area contributed by atoms with E-state index in [-0.39, 0.29) is 30.9 Å². The molecule has 2 aromatic heterocycles. The molecule has 38 heavy (non-hydrogen) atoms. The number of fused-ring (bicyclic) bond motifs is 1. The number of nitriles is 1. The molecule has 204 valence electrons. The molecule has 3 rings (SSSR count). The molecule has 12 nitrogen and oxygen atoms in total. The summed E-state index contributed by atoms with van der Waals surface area (Å²) < 4.78 is 27.3. The minimum absolute atomic E-state index is 0.205. The fourth-order valence-electron chi connectivity index (χ4n) is 3.80. The number of hydrogen-bond donors (Lipinski definition) is 3. The Bertz CT molecular complexity index is 1340. The molecule has 0 aliphatic heterocycles. The van der Waals surface area contributed by atoms with E-state index in [1.165, 1.54) is 6.33 Å². The molecular weight excluding hydrogens is 507 g/mol. The lowest BCUT2D eigenvalue weighted by molar-refractivity contribution is -0.149. The van der Waals surface area contributed by atoms with E-state index in [1.54, 1.807) is 49.0 Å². The highest BCUT2D eigenvalue weighted by molar-refractivity contribution is 7.59. The number of hydrogen-bond acceptors (Lipinski definition) is 9. The van der Waals surface area contributed by atoms with Crippen molar-refractivity contribution in [2.75, 3.05) is 18.7 Å². The van der Waals surface area contributed by atoms with Gasteiger partial charge >= 0.3 is 5.97 Å². The molecule has 0 saturated heterocycles. The molecule has 0 fully saturated rings. The molecule has 0 bridgehead atoms. The zero-order valence-electron chi connectivity index (χ0n) is 22.3. The number of anilines is 1. The number of carbonyl (C=O) groups excluding carboxylic acids is 1. The Labute approximate surface area is 222 Å². The van der Waals surface area contributed by atoms with Crippen LogP contribution in [0.15, 0.2) is 36.9 Å². The van der Waals surface area contributed by atoms with Gasteiger partial charge < -0.3 is 19.8 Å². The van der Waals surface area contributed by atoms with E-state index in [4.69, 9.17) is 20.5 Å². The van der Waals surface area contributed by atoms with Gasteiger partial charge in [-0.15, -0.1) is 0 Å². The second-order valence-corrected chi connectivity index (χ2v) is 11.9. The monoisotopic (exact) mass is 542 g/mol. The van der Waals surface area contributed by atoms with Gasteiger partial charge in [-0.05, 0) is 51.8 Å². The van der Waals surface area contributed by atoms with Gasteiger partial charge in [-0.3, -0.25) is 9.36 Å². The SMILES string of the molecule is CCCOC(=O)C(C)(C)NP(=O)(CO[C@@H](C)Cn1cnc2c(N)ncnc21)N[C@H](C)c1ccc(C#N)cc1. The quantitative estimate of drug-likeness (QED) is 0.213. The second kappa shape index (κ2) is 12.5. The zero-order valence-corrected chi connectivity index (χ0v) is 23.2. The molecule has 3 aromatic rings. The third-order valence-electron chi connectivity index (χ3n) is 5.77. The van der Waals surface area contributed by atoms with Crippen LogP contribution in [0.2, 0.25) is 0 Å². The Morgan fingerprint density at radius 3 is 2.61 bits per heavy atom. The largest absolute Gasteiger partial charge is 0.464 e. The zero-order chi connectivity index (χ0) is 27.9. The Hall–Kier alpha value is -3.36. The van der Waals surface area contributed by atoms with Crippen LogP contribution >= 0.6 is 7.44 Å². The van der Waals surface area contributed by atoms with Crippen LogP contribution in [0.4, 0.5) is 5.82 Å². The van der Waals surface area contributed by atoms with Gasteiger partial charge in [0, 0.05) is 6.04 Å². The summed E-state index contributed by atoms with van der Waals surface area (Å²) in [4.78, 5) is 25.2. The number of rotatable bonds is 13. The van der Waals surface area contributed by atoms with Crippen LogP contribution in [0, 0.1) is 11.3 Å². The van der Waals surface area contributed by atoms with E-state index in [0.717, 1.165) is 5.56 Å². The molecule has 0 aliphatic carbocycles. The van der Waals surface area contributed by atoms with Crippen LogP contribution < -0.4 is 15.9 Å². The summed E-state index contributed by atoms with van der Waals surface area (Å²) in [6.07, 6.45) is 3.05. The minimum Gasteiger partial charge on any atom is -0.464 e. The fourth-order valence-corrected chi connectivity index (χ4v) is 6.24. The summed E-state index contributed by atoms with van der Waals surface area (Å²) in [5.74, 6) is -0.225. The van der Waals surface area contributed by atoms with Crippen LogP contribution in [-0.4, -0.2) is 50.1 Å². The van der Waals surface area contributed by atoms with Gasteiger partial charge in [-0.1, -0.05) is 19.1 Å². The molecule has 4 N–H and O–H groups in total. The summed E-state index contributed by atoms with van der Waals surface area (Å²) in [6.45, 7) is 9.48. The molecular formula is C25H35N8O4P. The molecule has 1 aromatic carbocycles. The number of imidazole rings is 1. The number of benzene rings is 1. The second-order valence-electron chi connectivity index (χ2n) is 9.63. The lowest BCUT2D eigenvalue weighted by atomic mass is 10.1. The van der Waals surface area contributed by atoms with E-state index < -0.39 is 19.0 Å². The number of nitrogens with two attached hydrogens (primary N) is 1. The number of aromatic nitrogens is 4. The first kappa shape index (κ1) is 29.2. The fraction of sp³-hybridized carbons (Fsp3) is 0.480. The predicted octanol–water partition coefficient (Wildman–Crippen LogP) is 3.51. The van der Waals surface area contributed by atoms with Crippen molar-refractivity contribution < 1.29 is 18.8 Å². The minimum atomic E-state index is -3.53. The van der Waals surface area contributed by atoms with Gasteiger partial charge in [0.2, 0.25) is 7.44 Å². The molecule has 0 radical (unpaired) electrons. The standard InChI is InChI=1S/C25H35N8O4P/c1-6-11-36-24(34)25(4,5)32-38(35,31-18(3)20-9-7-19(12-26)8-10-20)16-37-17(2)13-33-15-30-21-22(27)28-14-29-23(21)33/h7-10,14-15,17-18H,6,11,13,16H2,1-5H3,(H2,27,28,29)(H2,31,32,35)/t17-,18+,38?/m0/s1. The maximum Gasteiger partial charge on any atom is 0.326 e. The molecule has 13 heteroatoms. The number of nitrogen functional groups attached to an aromatic ring is 1. The lowest BCUT2D eigenvalue weighted by Crippen LogP contribution is -2.49. The van der Waals surface area contributed by atoms with Crippen molar-refractivity contribution in [3.05, 3.63) is 48.0 Å². The highest BCUT2D eigenvalue weighted by atomic mass is 31.2. The van der Waals surface area contributed by atoms with Gasteiger partial charge in [-0.2, -0.15) is 5.26 Å². The summed E-state index contributed by atoms with van der Waals surface area (Å²) in [5.41, 5.74) is 7.05. The maximum atomic E-state index is 14.2. The predicted molar refractivity (Wildman–Crippen MR) is 144 cm³/mol. The summed E-state index contributed by atoms with van der Waals surface area (Å²) in [7, 11) is -3.53. The molecule has 0 amide bonds. The average molecular weight is 543 g/mol. The summed E-state index contributed by atoms with van der Waals surface area (Å²) >= 11 is 0. The van der Waals surface area contributed by atoms with Gasteiger partial charge in [0.15, 0.2) is 11.5 Å². The van der Waals surface area contributed by atoms with E-state index >= 15 is 0 Å². The third kappa shape index (κ3) is 7.36.